The van der Waals surface area contributed by atoms with Crippen LogP contribution in [0.1, 0.15) is 33.5 Å². The number of benzene rings is 1. The van der Waals surface area contributed by atoms with Gasteiger partial charge in [-0.05, 0) is 25.5 Å². The summed E-state index contributed by atoms with van der Waals surface area (Å²) in [6.45, 7) is 3.99. The maximum absolute atomic E-state index is 12.0. The Hall–Kier alpha value is -2.07. The minimum absolute atomic E-state index is 0.152. The fraction of sp³-hybridized carbons (Fsp3) is 0.267. The van der Waals surface area contributed by atoms with Crippen LogP contribution in [0.4, 0.5) is 0 Å². The van der Waals surface area contributed by atoms with Crippen molar-refractivity contribution in [3.8, 4) is 0 Å². The van der Waals surface area contributed by atoms with E-state index in [1.165, 1.54) is 0 Å². The number of aryl methyl sites for hydroxylation is 2. The molecule has 0 bridgehead atoms. The van der Waals surface area contributed by atoms with Crippen molar-refractivity contribution in [2.45, 2.75) is 19.9 Å². The molecule has 0 saturated heterocycles. The number of rotatable bonds is 4. The second kappa shape index (κ2) is 5.71. The lowest BCUT2D eigenvalue weighted by atomic mass is 10.1. The summed E-state index contributed by atoms with van der Waals surface area (Å²) in [7, 11) is 0. The number of amides is 1. The van der Waals surface area contributed by atoms with Gasteiger partial charge < -0.3 is 15.5 Å². The first-order chi connectivity index (χ1) is 9.08. The van der Waals surface area contributed by atoms with Crippen LogP contribution in [0.3, 0.4) is 0 Å². The lowest BCUT2D eigenvalue weighted by Crippen LogP contribution is -2.32. The van der Waals surface area contributed by atoms with Gasteiger partial charge in [-0.25, -0.2) is 0 Å². The third kappa shape index (κ3) is 3.23. The highest BCUT2D eigenvalue weighted by Gasteiger charge is 2.14. The summed E-state index contributed by atoms with van der Waals surface area (Å²) in [5.74, 6) is 1.21. The Labute approximate surface area is 112 Å². The van der Waals surface area contributed by atoms with Crippen LogP contribution in [-0.2, 0) is 0 Å². The third-order valence-electron chi connectivity index (χ3n) is 3.00. The van der Waals surface area contributed by atoms with E-state index in [0.29, 0.717) is 17.9 Å². The van der Waals surface area contributed by atoms with E-state index in [4.69, 9.17) is 10.2 Å². The molecule has 0 aliphatic carbocycles. The van der Waals surface area contributed by atoms with E-state index in [2.05, 4.69) is 5.32 Å². The van der Waals surface area contributed by atoms with E-state index >= 15 is 0 Å². The summed E-state index contributed by atoms with van der Waals surface area (Å²) in [5, 5.41) is 2.83. The van der Waals surface area contributed by atoms with Gasteiger partial charge >= 0.3 is 0 Å². The van der Waals surface area contributed by atoms with E-state index in [0.717, 1.165) is 11.3 Å². The minimum atomic E-state index is -0.210. The quantitative estimate of drug-likeness (QED) is 0.884. The fourth-order valence-corrected chi connectivity index (χ4v) is 1.97. The van der Waals surface area contributed by atoms with Gasteiger partial charge in [0.25, 0.3) is 5.91 Å². The summed E-state index contributed by atoms with van der Waals surface area (Å²) in [6.07, 6.45) is 0. The van der Waals surface area contributed by atoms with Gasteiger partial charge in [-0.2, -0.15) is 0 Å². The molecule has 1 aromatic heterocycles. The second-order valence-corrected chi connectivity index (χ2v) is 4.55. The van der Waals surface area contributed by atoms with E-state index < -0.39 is 0 Å². The van der Waals surface area contributed by atoms with Gasteiger partial charge in [-0.3, -0.25) is 4.79 Å². The lowest BCUT2D eigenvalue weighted by Gasteiger charge is -2.12. The van der Waals surface area contributed by atoms with Gasteiger partial charge in [0.15, 0.2) is 0 Å². The second-order valence-electron chi connectivity index (χ2n) is 4.55. The molecule has 1 heterocycles. The Morgan fingerprint density at radius 2 is 2.00 bits per heavy atom. The average Bonchev–Trinajstić information content (AvgIpc) is 2.75. The van der Waals surface area contributed by atoms with Crippen molar-refractivity contribution in [2.75, 3.05) is 6.54 Å². The highest BCUT2D eigenvalue weighted by atomic mass is 16.3. The summed E-state index contributed by atoms with van der Waals surface area (Å²) < 4.78 is 5.33. The molecule has 2 rings (SSSR count). The van der Waals surface area contributed by atoms with Gasteiger partial charge in [-0.1, -0.05) is 30.3 Å². The molecule has 1 unspecified atom stereocenters. The van der Waals surface area contributed by atoms with Crippen molar-refractivity contribution in [1.29, 1.82) is 0 Å². The predicted octanol–water partition coefficient (Wildman–Crippen LogP) is 2.33. The summed E-state index contributed by atoms with van der Waals surface area (Å²) >= 11 is 0. The van der Waals surface area contributed by atoms with Crippen LogP contribution in [0.15, 0.2) is 40.8 Å². The van der Waals surface area contributed by atoms with Gasteiger partial charge in [0, 0.05) is 12.6 Å². The molecular formula is C15H18N2O2. The zero-order valence-corrected chi connectivity index (χ0v) is 11.1. The third-order valence-corrected chi connectivity index (χ3v) is 3.00. The SMILES string of the molecule is Cc1cc(C(=O)NCC(N)c2ccccc2)c(C)o1. The molecule has 19 heavy (non-hydrogen) atoms. The van der Waals surface area contributed by atoms with Crippen molar-refractivity contribution in [3.05, 3.63) is 59.0 Å². The normalized spacial score (nSPS) is 12.2. The Morgan fingerprint density at radius 3 is 2.58 bits per heavy atom. The van der Waals surface area contributed by atoms with Crippen LogP contribution in [0, 0.1) is 13.8 Å². The minimum Gasteiger partial charge on any atom is -0.466 e. The molecule has 0 aliphatic heterocycles. The molecule has 0 radical (unpaired) electrons. The van der Waals surface area contributed by atoms with Crippen molar-refractivity contribution in [2.24, 2.45) is 5.73 Å². The largest absolute Gasteiger partial charge is 0.466 e. The van der Waals surface area contributed by atoms with Gasteiger partial charge in [-0.15, -0.1) is 0 Å². The number of carbonyl (C=O) groups excluding carboxylic acids is 1. The topological polar surface area (TPSA) is 68.3 Å². The first-order valence-corrected chi connectivity index (χ1v) is 6.23. The summed E-state index contributed by atoms with van der Waals surface area (Å²) in [6, 6.07) is 11.2. The zero-order valence-electron chi connectivity index (χ0n) is 11.1. The van der Waals surface area contributed by atoms with Gasteiger partial charge in [0.05, 0.1) is 5.56 Å². The Kier molecular flexibility index (Phi) is 4.02. The molecule has 1 amide bonds. The van der Waals surface area contributed by atoms with Crippen LogP contribution < -0.4 is 11.1 Å². The maximum Gasteiger partial charge on any atom is 0.254 e. The van der Waals surface area contributed by atoms with Crippen LogP contribution in [0.5, 0.6) is 0 Å². The summed E-state index contributed by atoms with van der Waals surface area (Å²) in [5.41, 5.74) is 7.60. The molecule has 1 atom stereocenters. The van der Waals surface area contributed by atoms with Crippen molar-refractivity contribution >= 4 is 5.91 Å². The van der Waals surface area contributed by atoms with E-state index in [-0.39, 0.29) is 11.9 Å². The van der Waals surface area contributed by atoms with Crippen LogP contribution in [0.25, 0.3) is 0 Å². The number of nitrogens with one attached hydrogen (secondary N) is 1. The number of hydrogen-bond donors (Lipinski definition) is 2. The molecule has 3 N–H and O–H groups in total. The maximum atomic E-state index is 12.0. The molecule has 0 fully saturated rings. The Bertz CT molecular complexity index is 561. The average molecular weight is 258 g/mol. The monoisotopic (exact) mass is 258 g/mol. The number of nitrogens with two attached hydrogens (primary N) is 1. The van der Waals surface area contributed by atoms with Crippen molar-refractivity contribution in [3.63, 3.8) is 0 Å². The predicted molar refractivity (Wildman–Crippen MR) is 73.9 cm³/mol. The first-order valence-electron chi connectivity index (χ1n) is 6.23. The molecule has 0 aliphatic rings. The molecule has 4 nitrogen and oxygen atoms in total. The first kappa shape index (κ1) is 13.4. The lowest BCUT2D eigenvalue weighted by molar-refractivity contribution is 0.0949. The highest BCUT2D eigenvalue weighted by molar-refractivity contribution is 5.95. The van der Waals surface area contributed by atoms with E-state index in [1.54, 1.807) is 13.0 Å². The van der Waals surface area contributed by atoms with Crippen molar-refractivity contribution < 1.29 is 9.21 Å². The number of carbonyl (C=O) groups is 1. The van der Waals surface area contributed by atoms with Crippen LogP contribution >= 0.6 is 0 Å². The summed E-state index contributed by atoms with van der Waals surface area (Å²) in [4.78, 5) is 12.0. The standard InChI is InChI=1S/C15H18N2O2/c1-10-8-13(11(2)19-10)15(18)17-9-14(16)12-6-4-3-5-7-12/h3-8,14H,9,16H2,1-2H3,(H,17,18). The van der Waals surface area contributed by atoms with Crippen molar-refractivity contribution in [1.82, 2.24) is 5.32 Å². The van der Waals surface area contributed by atoms with Gasteiger partial charge in [0.1, 0.15) is 11.5 Å². The van der Waals surface area contributed by atoms with Gasteiger partial charge in [0.2, 0.25) is 0 Å². The van der Waals surface area contributed by atoms with E-state index in [9.17, 15) is 4.79 Å². The Balaban J connectivity index is 1.96. The van der Waals surface area contributed by atoms with E-state index in [1.807, 2.05) is 37.3 Å². The molecular weight excluding hydrogens is 240 g/mol. The van der Waals surface area contributed by atoms with Crippen LogP contribution in [-0.4, -0.2) is 12.5 Å². The molecule has 100 valence electrons. The van der Waals surface area contributed by atoms with Crippen LogP contribution in [0.2, 0.25) is 0 Å². The zero-order chi connectivity index (χ0) is 13.8. The molecule has 2 aromatic rings. The molecule has 1 aromatic carbocycles. The number of hydrogen-bond acceptors (Lipinski definition) is 3. The smallest absolute Gasteiger partial charge is 0.254 e. The Morgan fingerprint density at radius 1 is 1.32 bits per heavy atom. The number of furan rings is 1. The highest BCUT2D eigenvalue weighted by Crippen LogP contribution is 2.14. The molecule has 0 saturated carbocycles. The fourth-order valence-electron chi connectivity index (χ4n) is 1.97. The molecule has 4 heteroatoms. The molecule has 0 spiro atoms.